The van der Waals surface area contributed by atoms with Gasteiger partial charge in [-0.1, -0.05) is 24.3 Å². The molecule has 8 nitrogen and oxygen atoms in total. The van der Waals surface area contributed by atoms with Gasteiger partial charge < -0.3 is 14.0 Å². The monoisotopic (exact) mass is 427 g/mol. The van der Waals surface area contributed by atoms with Crippen LogP contribution in [0.25, 0.3) is 27.9 Å². The summed E-state index contributed by atoms with van der Waals surface area (Å²) in [5.74, 6) is 2.48. The van der Waals surface area contributed by atoms with Gasteiger partial charge in [0.05, 0.1) is 37.4 Å². The van der Waals surface area contributed by atoms with Gasteiger partial charge in [-0.2, -0.15) is 9.50 Å². The molecule has 0 saturated heterocycles. The number of benzene rings is 2. The highest BCUT2D eigenvalue weighted by atomic mass is 16.5. The molecule has 0 aliphatic heterocycles. The highest BCUT2D eigenvalue weighted by molar-refractivity contribution is 5.93. The lowest BCUT2D eigenvalue weighted by Crippen LogP contribution is -2.22. The zero-order chi connectivity index (χ0) is 22.2. The third-order valence-electron chi connectivity index (χ3n) is 5.36. The predicted molar refractivity (Wildman–Crippen MR) is 121 cm³/mol. The molecule has 2 aromatic carbocycles. The quantitative estimate of drug-likeness (QED) is 0.427. The Hall–Kier alpha value is -4.20. The van der Waals surface area contributed by atoms with E-state index in [0.29, 0.717) is 40.5 Å². The Morgan fingerprint density at radius 2 is 1.72 bits per heavy atom. The second-order valence-electron chi connectivity index (χ2n) is 7.42. The van der Waals surface area contributed by atoms with Gasteiger partial charge in [0.25, 0.3) is 11.3 Å². The van der Waals surface area contributed by atoms with Crippen LogP contribution in [0.3, 0.4) is 0 Å². The van der Waals surface area contributed by atoms with Gasteiger partial charge in [-0.3, -0.25) is 4.79 Å². The average Bonchev–Trinajstić information content (AvgIpc) is 3.19. The lowest BCUT2D eigenvalue weighted by Gasteiger charge is -2.12. The van der Waals surface area contributed by atoms with Crippen molar-refractivity contribution in [1.29, 1.82) is 0 Å². The Balaban J connectivity index is 1.76. The maximum Gasteiger partial charge on any atom is 0.262 e. The van der Waals surface area contributed by atoms with Gasteiger partial charge in [0, 0.05) is 11.8 Å². The molecule has 5 rings (SSSR count). The van der Waals surface area contributed by atoms with Crippen LogP contribution in [0.15, 0.2) is 65.6 Å². The summed E-state index contributed by atoms with van der Waals surface area (Å²) in [7, 11) is 3.24. The van der Waals surface area contributed by atoms with Crippen molar-refractivity contribution in [2.24, 2.45) is 0 Å². The summed E-state index contributed by atoms with van der Waals surface area (Å²) in [4.78, 5) is 22.7. The van der Waals surface area contributed by atoms with Crippen molar-refractivity contribution in [3.05, 3.63) is 82.5 Å². The second-order valence-corrected chi connectivity index (χ2v) is 7.42. The summed E-state index contributed by atoms with van der Waals surface area (Å²) in [5.41, 5.74) is 2.84. The van der Waals surface area contributed by atoms with Gasteiger partial charge >= 0.3 is 0 Å². The lowest BCUT2D eigenvalue weighted by molar-refractivity contribution is 0.414. The fourth-order valence-corrected chi connectivity index (χ4v) is 3.81. The van der Waals surface area contributed by atoms with Crippen LogP contribution in [-0.4, -0.2) is 38.4 Å². The van der Waals surface area contributed by atoms with Crippen molar-refractivity contribution in [2.75, 3.05) is 14.2 Å². The highest BCUT2D eigenvalue weighted by Crippen LogP contribution is 2.29. The molecule has 0 bridgehead atoms. The lowest BCUT2D eigenvalue weighted by atomic mass is 10.1. The molecule has 0 N–H and O–H groups in total. The van der Waals surface area contributed by atoms with E-state index < -0.39 is 0 Å². The minimum Gasteiger partial charge on any atom is -0.497 e. The Kier molecular flexibility index (Phi) is 4.82. The van der Waals surface area contributed by atoms with Gasteiger partial charge in [-0.25, -0.2) is 4.98 Å². The number of hydrogen-bond donors (Lipinski definition) is 0. The number of pyridine rings is 1. The summed E-state index contributed by atoms with van der Waals surface area (Å²) >= 11 is 0. The van der Waals surface area contributed by atoms with Gasteiger partial charge in [0.1, 0.15) is 17.3 Å². The first kappa shape index (κ1) is 19.7. The normalized spacial score (nSPS) is 11.2. The fourth-order valence-electron chi connectivity index (χ4n) is 3.81. The molecule has 0 amide bonds. The minimum absolute atomic E-state index is 0.154. The Labute approximate surface area is 183 Å². The zero-order valence-electron chi connectivity index (χ0n) is 17.9. The molecular formula is C24H21N5O3. The largest absolute Gasteiger partial charge is 0.497 e. The Morgan fingerprint density at radius 1 is 0.938 bits per heavy atom. The van der Waals surface area contributed by atoms with E-state index in [-0.39, 0.29) is 5.56 Å². The van der Waals surface area contributed by atoms with E-state index in [2.05, 4.69) is 15.1 Å². The van der Waals surface area contributed by atoms with E-state index >= 15 is 0 Å². The molecule has 0 unspecified atom stereocenters. The van der Waals surface area contributed by atoms with Gasteiger partial charge in [0.15, 0.2) is 0 Å². The number of fused-ring (bicyclic) bond motifs is 2. The molecule has 32 heavy (non-hydrogen) atoms. The molecule has 160 valence electrons. The summed E-state index contributed by atoms with van der Waals surface area (Å²) in [6, 6.07) is 17.0. The molecule has 0 aliphatic carbocycles. The molecule has 0 aliphatic rings. The van der Waals surface area contributed by atoms with Crippen LogP contribution in [0.1, 0.15) is 11.4 Å². The summed E-state index contributed by atoms with van der Waals surface area (Å²) in [6.45, 7) is 2.22. The van der Waals surface area contributed by atoms with Crippen LogP contribution in [0.2, 0.25) is 0 Å². The maximum atomic E-state index is 13.7. The van der Waals surface area contributed by atoms with Crippen LogP contribution >= 0.6 is 0 Å². The standard InChI is InChI=1S/C24H21N5O3/c1-15-25-24-26-20-11-12-28(14-16-7-9-18(31-2)10-8-16)23(30)21(20)22(29(24)27-15)17-5-4-6-19(13-17)32-3/h4-13H,14H2,1-3H3. The molecule has 3 aromatic heterocycles. The number of methoxy groups -OCH3 is 2. The van der Waals surface area contributed by atoms with Crippen molar-refractivity contribution in [3.8, 4) is 22.8 Å². The van der Waals surface area contributed by atoms with Crippen LogP contribution < -0.4 is 15.0 Å². The Bertz CT molecular complexity index is 1500. The molecule has 5 aromatic rings. The zero-order valence-corrected chi connectivity index (χ0v) is 17.9. The first-order valence-electron chi connectivity index (χ1n) is 10.1. The van der Waals surface area contributed by atoms with Crippen molar-refractivity contribution in [1.82, 2.24) is 24.1 Å². The van der Waals surface area contributed by atoms with Crippen LogP contribution in [0, 0.1) is 6.92 Å². The van der Waals surface area contributed by atoms with E-state index in [1.807, 2.05) is 54.6 Å². The predicted octanol–water partition coefficient (Wildman–Crippen LogP) is 3.48. The third-order valence-corrected chi connectivity index (χ3v) is 5.36. The summed E-state index contributed by atoms with van der Waals surface area (Å²) in [5, 5.41) is 4.99. The molecule has 8 heteroatoms. The number of rotatable bonds is 5. The van der Waals surface area contributed by atoms with E-state index in [9.17, 15) is 4.79 Å². The summed E-state index contributed by atoms with van der Waals surface area (Å²) < 4.78 is 13.9. The van der Waals surface area contributed by atoms with Crippen molar-refractivity contribution in [2.45, 2.75) is 13.5 Å². The molecule has 0 radical (unpaired) electrons. The van der Waals surface area contributed by atoms with Crippen LogP contribution in [0.5, 0.6) is 11.5 Å². The van der Waals surface area contributed by atoms with E-state index in [1.165, 1.54) is 0 Å². The first-order chi connectivity index (χ1) is 15.6. The number of nitrogens with zero attached hydrogens (tertiary/aromatic N) is 5. The van der Waals surface area contributed by atoms with E-state index in [4.69, 9.17) is 9.47 Å². The Morgan fingerprint density at radius 3 is 2.47 bits per heavy atom. The first-order valence-corrected chi connectivity index (χ1v) is 10.1. The van der Waals surface area contributed by atoms with E-state index in [0.717, 1.165) is 16.9 Å². The SMILES string of the molecule is COc1ccc(Cn2ccc3nc4nc(C)nn4c(-c4cccc(OC)c4)c3c2=O)cc1. The van der Waals surface area contributed by atoms with Crippen molar-refractivity contribution < 1.29 is 9.47 Å². The van der Waals surface area contributed by atoms with E-state index in [1.54, 1.807) is 36.4 Å². The van der Waals surface area contributed by atoms with Gasteiger partial charge in [-0.15, -0.1) is 5.10 Å². The third kappa shape index (κ3) is 3.35. The van der Waals surface area contributed by atoms with Crippen LogP contribution in [0.4, 0.5) is 0 Å². The molecule has 0 saturated carbocycles. The number of ether oxygens (including phenoxy) is 2. The van der Waals surface area contributed by atoms with Crippen molar-refractivity contribution in [3.63, 3.8) is 0 Å². The molecule has 0 atom stereocenters. The minimum atomic E-state index is -0.154. The summed E-state index contributed by atoms with van der Waals surface area (Å²) in [6.07, 6.45) is 1.76. The average molecular weight is 427 g/mol. The van der Waals surface area contributed by atoms with Crippen LogP contribution in [-0.2, 0) is 6.54 Å². The molecule has 0 spiro atoms. The molecule has 0 fully saturated rings. The fraction of sp³-hybridized carbons (Fsp3) is 0.167. The highest BCUT2D eigenvalue weighted by Gasteiger charge is 2.18. The number of aromatic nitrogens is 5. The topological polar surface area (TPSA) is 83.5 Å². The smallest absolute Gasteiger partial charge is 0.262 e. The second kappa shape index (κ2) is 7.81. The van der Waals surface area contributed by atoms with Crippen molar-refractivity contribution >= 4 is 16.7 Å². The number of hydrogen-bond acceptors (Lipinski definition) is 6. The maximum absolute atomic E-state index is 13.7. The van der Waals surface area contributed by atoms with Gasteiger partial charge in [0.2, 0.25) is 0 Å². The molecular weight excluding hydrogens is 406 g/mol. The van der Waals surface area contributed by atoms with Gasteiger partial charge in [-0.05, 0) is 42.8 Å². The number of aryl methyl sites for hydroxylation is 1. The molecule has 3 heterocycles.